The van der Waals surface area contributed by atoms with Gasteiger partial charge in [-0.1, -0.05) is 11.6 Å². The quantitative estimate of drug-likeness (QED) is 0.864. The fourth-order valence-electron chi connectivity index (χ4n) is 2.88. The zero-order chi connectivity index (χ0) is 15.5. The predicted octanol–water partition coefficient (Wildman–Crippen LogP) is 3.59. The molecule has 1 saturated carbocycles. The summed E-state index contributed by atoms with van der Waals surface area (Å²) in [6, 6.07) is 3.76. The third kappa shape index (κ3) is 4.11. The molecule has 0 saturated heterocycles. The molecular weight excluding hydrogens is 308 g/mol. The van der Waals surface area contributed by atoms with E-state index in [4.69, 9.17) is 11.6 Å². The van der Waals surface area contributed by atoms with E-state index in [1.54, 1.807) is 24.0 Å². The van der Waals surface area contributed by atoms with Crippen molar-refractivity contribution in [2.75, 3.05) is 0 Å². The highest BCUT2D eigenvalue weighted by molar-refractivity contribution is 8.00. The van der Waals surface area contributed by atoms with Crippen LogP contribution in [-0.4, -0.2) is 32.9 Å². The van der Waals surface area contributed by atoms with Crippen molar-refractivity contribution < 1.29 is 9.90 Å². The molecule has 2 rings (SSSR count). The number of carbonyl (C=O) groups is 1. The van der Waals surface area contributed by atoms with Crippen molar-refractivity contribution in [3.05, 3.63) is 23.4 Å². The van der Waals surface area contributed by atoms with Crippen LogP contribution in [0.2, 0.25) is 5.02 Å². The number of hydrogen-bond donors (Lipinski definition) is 2. The lowest BCUT2D eigenvalue weighted by Gasteiger charge is -2.39. The maximum Gasteiger partial charge on any atom is 0.323 e. The third-order valence-electron chi connectivity index (χ3n) is 3.68. The minimum atomic E-state index is -0.828. The summed E-state index contributed by atoms with van der Waals surface area (Å²) in [5.41, 5.74) is -0.828. The van der Waals surface area contributed by atoms with Crippen LogP contribution in [0, 0.1) is 0 Å². The van der Waals surface area contributed by atoms with E-state index in [-0.39, 0.29) is 11.3 Å². The van der Waals surface area contributed by atoms with Gasteiger partial charge >= 0.3 is 5.97 Å². The number of aliphatic carboxylic acids is 1. The topological polar surface area (TPSA) is 62.2 Å². The number of hydrogen-bond acceptors (Lipinski definition) is 4. The Morgan fingerprint density at radius 3 is 3.00 bits per heavy atom. The lowest BCUT2D eigenvalue weighted by Crippen LogP contribution is -2.57. The molecule has 116 valence electrons. The van der Waals surface area contributed by atoms with Crippen LogP contribution in [0.5, 0.6) is 0 Å². The molecule has 0 spiro atoms. The highest BCUT2D eigenvalue weighted by Gasteiger charge is 2.43. The Kier molecular flexibility index (Phi) is 5.52. The molecule has 0 aromatic carbocycles. The molecule has 0 aliphatic heterocycles. The second kappa shape index (κ2) is 6.99. The smallest absolute Gasteiger partial charge is 0.323 e. The summed E-state index contributed by atoms with van der Waals surface area (Å²) in [4.78, 5) is 16.1. The molecule has 1 aliphatic carbocycles. The van der Waals surface area contributed by atoms with Gasteiger partial charge in [0, 0.05) is 17.5 Å². The van der Waals surface area contributed by atoms with Crippen LogP contribution in [0.3, 0.4) is 0 Å². The highest BCUT2D eigenvalue weighted by atomic mass is 35.5. The molecule has 2 N–H and O–H groups in total. The van der Waals surface area contributed by atoms with Gasteiger partial charge in [-0.3, -0.25) is 10.1 Å². The fraction of sp³-hybridized carbons (Fsp3) is 0.600. The number of aromatic nitrogens is 1. The van der Waals surface area contributed by atoms with Crippen LogP contribution >= 0.6 is 23.4 Å². The maximum absolute atomic E-state index is 11.8. The van der Waals surface area contributed by atoms with Crippen molar-refractivity contribution in [1.29, 1.82) is 0 Å². The van der Waals surface area contributed by atoms with Crippen LogP contribution in [0.25, 0.3) is 0 Å². The Morgan fingerprint density at radius 2 is 2.38 bits per heavy atom. The molecule has 1 heterocycles. The van der Waals surface area contributed by atoms with Crippen LogP contribution in [-0.2, 0) is 4.79 Å². The number of rotatable bonds is 5. The summed E-state index contributed by atoms with van der Waals surface area (Å²) in [5, 5.41) is 14.6. The summed E-state index contributed by atoms with van der Waals surface area (Å²) in [7, 11) is 0. The van der Waals surface area contributed by atoms with Gasteiger partial charge < -0.3 is 5.11 Å². The average Bonchev–Trinajstić information content (AvgIpc) is 2.41. The fourth-order valence-corrected chi connectivity index (χ4v) is 4.41. The van der Waals surface area contributed by atoms with Crippen LogP contribution in [0.1, 0.15) is 39.5 Å². The van der Waals surface area contributed by atoms with Crippen molar-refractivity contribution in [2.24, 2.45) is 0 Å². The van der Waals surface area contributed by atoms with Crippen molar-refractivity contribution in [2.45, 2.75) is 61.4 Å². The number of pyridine rings is 1. The van der Waals surface area contributed by atoms with Gasteiger partial charge in [-0.15, -0.1) is 11.8 Å². The lowest BCUT2D eigenvalue weighted by molar-refractivity contribution is -0.146. The molecule has 1 aliphatic rings. The second-order valence-corrected chi connectivity index (χ2v) is 7.51. The van der Waals surface area contributed by atoms with Gasteiger partial charge in [0.1, 0.15) is 10.6 Å². The third-order valence-corrected chi connectivity index (χ3v) is 5.38. The molecule has 0 radical (unpaired) electrons. The van der Waals surface area contributed by atoms with Crippen LogP contribution in [0.15, 0.2) is 23.4 Å². The minimum Gasteiger partial charge on any atom is -0.480 e. The monoisotopic (exact) mass is 328 g/mol. The Hall–Kier alpha value is -0.780. The zero-order valence-corrected chi connectivity index (χ0v) is 13.9. The van der Waals surface area contributed by atoms with Gasteiger partial charge in [-0.25, -0.2) is 4.98 Å². The number of nitrogens with one attached hydrogen (secondary N) is 1. The Balaban J connectivity index is 2.12. The van der Waals surface area contributed by atoms with Gasteiger partial charge in [0.2, 0.25) is 0 Å². The molecule has 1 aromatic rings. The second-order valence-electron chi connectivity index (χ2n) is 5.81. The summed E-state index contributed by atoms with van der Waals surface area (Å²) in [6.45, 7) is 3.97. The number of carboxylic acids is 1. The number of halogens is 1. The van der Waals surface area contributed by atoms with Gasteiger partial charge in [-0.2, -0.15) is 0 Å². The maximum atomic E-state index is 11.8. The first-order chi connectivity index (χ1) is 9.93. The number of carboxylic acid groups (broad SMARTS) is 1. The molecule has 1 aromatic heterocycles. The molecule has 6 heteroatoms. The molecule has 1 fully saturated rings. The summed E-state index contributed by atoms with van der Waals surface area (Å²) < 4.78 is 0. The summed E-state index contributed by atoms with van der Waals surface area (Å²) in [5.74, 6) is -0.756. The van der Waals surface area contributed by atoms with Gasteiger partial charge in [0.25, 0.3) is 0 Å². The SMILES string of the molecule is CC(C)NC1(C(=O)O)CCCC(Sc2ncccc2Cl)C1. The van der Waals surface area contributed by atoms with E-state index in [9.17, 15) is 9.90 Å². The van der Waals surface area contributed by atoms with E-state index in [1.807, 2.05) is 19.9 Å². The Morgan fingerprint density at radius 1 is 1.62 bits per heavy atom. The van der Waals surface area contributed by atoms with E-state index in [0.29, 0.717) is 17.9 Å². The Bertz CT molecular complexity index is 512. The number of nitrogens with zero attached hydrogens (tertiary/aromatic N) is 1. The van der Waals surface area contributed by atoms with Crippen molar-refractivity contribution in [3.63, 3.8) is 0 Å². The van der Waals surface area contributed by atoms with Gasteiger partial charge in [-0.05, 0) is 51.7 Å². The molecule has 4 nitrogen and oxygen atoms in total. The molecule has 2 unspecified atom stereocenters. The van der Waals surface area contributed by atoms with E-state index in [1.165, 1.54) is 0 Å². The summed E-state index contributed by atoms with van der Waals surface area (Å²) in [6.07, 6.45) is 4.87. The van der Waals surface area contributed by atoms with Crippen molar-refractivity contribution >= 4 is 29.3 Å². The standard InChI is InChI=1S/C15H21ClN2O2S/c1-10(2)18-15(14(19)20)7-3-5-11(9-15)21-13-12(16)6-4-8-17-13/h4,6,8,10-11,18H,3,5,7,9H2,1-2H3,(H,19,20). The Labute approximate surface area is 134 Å². The van der Waals surface area contributed by atoms with Crippen LogP contribution in [0.4, 0.5) is 0 Å². The van der Waals surface area contributed by atoms with Crippen molar-refractivity contribution in [1.82, 2.24) is 10.3 Å². The average molecular weight is 329 g/mol. The van der Waals surface area contributed by atoms with Gasteiger partial charge in [0.05, 0.1) is 5.02 Å². The first-order valence-electron chi connectivity index (χ1n) is 7.21. The van der Waals surface area contributed by atoms with E-state index in [2.05, 4.69) is 10.3 Å². The van der Waals surface area contributed by atoms with E-state index in [0.717, 1.165) is 17.9 Å². The molecular formula is C15H21ClN2O2S. The van der Waals surface area contributed by atoms with Crippen molar-refractivity contribution in [3.8, 4) is 0 Å². The largest absolute Gasteiger partial charge is 0.480 e. The lowest BCUT2D eigenvalue weighted by atomic mass is 9.81. The number of thioether (sulfide) groups is 1. The van der Waals surface area contributed by atoms with E-state index < -0.39 is 11.5 Å². The first-order valence-corrected chi connectivity index (χ1v) is 8.47. The molecule has 0 bridgehead atoms. The van der Waals surface area contributed by atoms with Crippen LogP contribution < -0.4 is 5.32 Å². The molecule has 2 atom stereocenters. The zero-order valence-electron chi connectivity index (χ0n) is 12.3. The minimum absolute atomic E-state index is 0.142. The highest BCUT2D eigenvalue weighted by Crippen LogP contribution is 2.39. The molecule has 21 heavy (non-hydrogen) atoms. The predicted molar refractivity (Wildman–Crippen MR) is 86.0 cm³/mol. The first kappa shape index (κ1) is 16.6. The van der Waals surface area contributed by atoms with E-state index >= 15 is 0 Å². The normalized spacial score (nSPS) is 26.0. The molecule has 0 amide bonds. The summed E-state index contributed by atoms with van der Waals surface area (Å²) >= 11 is 7.74. The van der Waals surface area contributed by atoms with Gasteiger partial charge in [0.15, 0.2) is 0 Å².